The van der Waals surface area contributed by atoms with Gasteiger partial charge in [0, 0.05) is 23.5 Å². The van der Waals surface area contributed by atoms with Gasteiger partial charge in [-0.2, -0.15) is 0 Å². The minimum absolute atomic E-state index is 0.0264. The number of aliphatic imine (C=N–C) groups is 1. The average molecular weight is 508 g/mol. The van der Waals surface area contributed by atoms with Crippen LogP contribution in [-0.2, 0) is 4.79 Å². The Balaban J connectivity index is 1.65. The lowest BCUT2D eigenvalue weighted by molar-refractivity contribution is -0.132. The quantitative estimate of drug-likeness (QED) is 0.188. The fourth-order valence-corrected chi connectivity index (χ4v) is 4.93. The van der Waals surface area contributed by atoms with Crippen molar-refractivity contribution in [1.82, 2.24) is 0 Å². The Morgan fingerprint density at radius 1 is 0.795 bits per heavy atom. The van der Waals surface area contributed by atoms with Crippen LogP contribution >= 0.6 is 0 Å². The molecular weight excluding hydrogens is 479 g/mol. The number of benzene rings is 4. The van der Waals surface area contributed by atoms with Crippen LogP contribution in [0.5, 0.6) is 0 Å². The molecule has 4 aromatic carbocycles. The smallest absolute Gasteiger partial charge is 0.354 e. The van der Waals surface area contributed by atoms with Crippen LogP contribution in [0.25, 0.3) is 6.08 Å². The second-order valence-electron chi connectivity index (χ2n) is 9.20. The van der Waals surface area contributed by atoms with E-state index in [1.807, 2.05) is 91.0 Å². The van der Waals surface area contributed by atoms with Crippen molar-refractivity contribution < 1.29 is 9.90 Å². The zero-order valence-corrected chi connectivity index (χ0v) is 21.8. The highest BCUT2D eigenvalue weighted by atomic mass is 16.4. The molecule has 1 heterocycles. The number of fused-ring (bicyclic) bond motifs is 1. The van der Waals surface area contributed by atoms with Gasteiger partial charge in [0.15, 0.2) is 0 Å². The van der Waals surface area contributed by atoms with E-state index < -0.39 is 5.97 Å². The minimum atomic E-state index is -1.08. The van der Waals surface area contributed by atoms with Crippen molar-refractivity contribution in [2.45, 2.75) is 6.92 Å². The number of carboxylic acid groups (broad SMARTS) is 1. The lowest BCUT2D eigenvalue weighted by Gasteiger charge is -2.29. The van der Waals surface area contributed by atoms with Gasteiger partial charge in [0.05, 0.1) is 0 Å². The van der Waals surface area contributed by atoms with E-state index in [0.717, 1.165) is 40.0 Å². The maximum Gasteiger partial charge on any atom is 0.354 e. The summed E-state index contributed by atoms with van der Waals surface area (Å²) in [6.45, 7) is 2.59. The zero-order chi connectivity index (χ0) is 27.0. The third-order valence-corrected chi connectivity index (χ3v) is 6.77. The molecule has 5 rings (SSSR count). The summed E-state index contributed by atoms with van der Waals surface area (Å²) in [4.78, 5) is 19.6. The standard InChI is InChI=1S/C34H29BN2O2/c1-2-37-30(23-22-26-14-12-13-21-32(26)37)24-25-31(34(38)39)36-33(27-15-6-3-7-16-27)35(28-17-8-4-9-18-28)29-19-10-5-11-20-29/h3-25H,2H2,1H3,(H,38,39)/b30-24-,31-25-,36-33?. The molecule has 4 nitrogen and oxygen atoms in total. The molecule has 5 heteroatoms. The number of rotatable bonds is 8. The van der Waals surface area contributed by atoms with E-state index in [2.05, 4.69) is 54.3 Å². The van der Waals surface area contributed by atoms with Crippen LogP contribution in [0.1, 0.15) is 18.1 Å². The Labute approximate surface area is 230 Å². The molecule has 4 aromatic rings. The Morgan fingerprint density at radius 3 is 1.95 bits per heavy atom. The van der Waals surface area contributed by atoms with Gasteiger partial charge in [0.2, 0.25) is 0 Å². The maximum atomic E-state index is 12.5. The molecule has 0 fully saturated rings. The highest BCUT2D eigenvalue weighted by molar-refractivity contribution is 7.10. The lowest BCUT2D eigenvalue weighted by Crippen LogP contribution is -2.49. The van der Waals surface area contributed by atoms with Gasteiger partial charge in [0.25, 0.3) is 6.71 Å². The van der Waals surface area contributed by atoms with Crippen molar-refractivity contribution >= 4 is 41.0 Å². The molecule has 190 valence electrons. The van der Waals surface area contributed by atoms with E-state index in [4.69, 9.17) is 4.99 Å². The number of para-hydroxylation sites is 1. The summed E-state index contributed by atoms with van der Waals surface area (Å²) in [5.74, 6) is -1.08. The minimum Gasteiger partial charge on any atom is -0.477 e. The first kappa shape index (κ1) is 25.7. The van der Waals surface area contributed by atoms with E-state index in [1.165, 1.54) is 0 Å². The third kappa shape index (κ3) is 5.83. The van der Waals surface area contributed by atoms with E-state index >= 15 is 0 Å². The number of nitrogens with zero attached hydrogens (tertiary/aromatic N) is 2. The van der Waals surface area contributed by atoms with Crippen LogP contribution in [0.2, 0.25) is 0 Å². The summed E-state index contributed by atoms with van der Waals surface area (Å²) >= 11 is 0. The topological polar surface area (TPSA) is 52.9 Å². The molecule has 0 atom stereocenters. The van der Waals surface area contributed by atoms with Crippen LogP contribution in [0.3, 0.4) is 0 Å². The molecule has 0 saturated heterocycles. The summed E-state index contributed by atoms with van der Waals surface area (Å²) in [6.07, 6.45) is 7.52. The molecule has 0 unspecified atom stereocenters. The van der Waals surface area contributed by atoms with Crippen molar-refractivity contribution in [1.29, 1.82) is 0 Å². The SMILES string of the molecule is CCN1/C(=C\C=C(/N=C(B(c2ccccc2)c2ccccc2)c2ccccc2)C(=O)O)C=Cc2ccccc21. The van der Waals surface area contributed by atoms with Gasteiger partial charge in [-0.25, -0.2) is 4.79 Å². The number of hydrogen-bond donors (Lipinski definition) is 1. The van der Waals surface area contributed by atoms with Gasteiger partial charge in [-0.3, -0.25) is 4.99 Å². The molecule has 0 aliphatic carbocycles. The summed E-state index contributed by atoms with van der Waals surface area (Å²) in [5.41, 5.74) is 6.75. The van der Waals surface area contributed by atoms with Gasteiger partial charge in [-0.15, -0.1) is 0 Å². The van der Waals surface area contributed by atoms with E-state index in [1.54, 1.807) is 6.08 Å². The Hall–Kier alpha value is -4.90. The first-order valence-corrected chi connectivity index (χ1v) is 13.1. The average Bonchev–Trinajstić information content (AvgIpc) is 2.99. The number of allylic oxidation sites excluding steroid dienone is 3. The zero-order valence-electron chi connectivity index (χ0n) is 21.8. The molecule has 39 heavy (non-hydrogen) atoms. The van der Waals surface area contributed by atoms with Gasteiger partial charge >= 0.3 is 5.97 Å². The lowest BCUT2D eigenvalue weighted by atomic mass is 9.36. The second kappa shape index (κ2) is 12.1. The van der Waals surface area contributed by atoms with Crippen molar-refractivity contribution in [2.75, 3.05) is 11.4 Å². The van der Waals surface area contributed by atoms with Crippen LogP contribution in [0.15, 0.2) is 150 Å². The predicted molar refractivity (Wildman–Crippen MR) is 163 cm³/mol. The van der Waals surface area contributed by atoms with Crippen molar-refractivity contribution in [3.8, 4) is 0 Å². The number of likely N-dealkylation sites (N-methyl/N-ethyl adjacent to an activating group) is 1. The molecular formula is C34H29BN2O2. The van der Waals surface area contributed by atoms with Gasteiger partial charge in [0.1, 0.15) is 5.70 Å². The Kier molecular flexibility index (Phi) is 7.99. The first-order valence-electron chi connectivity index (χ1n) is 13.1. The summed E-state index contributed by atoms with van der Waals surface area (Å²) in [7, 11) is 0. The first-order chi connectivity index (χ1) is 19.2. The normalized spacial score (nSPS) is 14.3. The predicted octanol–water partition coefficient (Wildman–Crippen LogP) is 5.73. The summed E-state index contributed by atoms with van der Waals surface area (Å²) in [6, 6.07) is 38.2. The number of aliphatic carboxylic acids is 1. The molecule has 1 aliphatic rings. The Morgan fingerprint density at radius 2 is 1.36 bits per heavy atom. The number of carboxylic acids is 1. The highest BCUT2D eigenvalue weighted by Crippen LogP contribution is 2.30. The molecule has 0 bridgehead atoms. The van der Waals surface area contributed by atoms with Crippen LogP contribution < -0.4 is 15.8 Å². The van der Waals surface area contributed by atoms with E-state index in [-0.39, 0.29) is 12.4 Å². The number of anilines is 1. The molecule has 1 N–H and O–H groups in total. The van der Waals surface area contributed by atoms with Crippen LogP contribution in [0.4, 0.5) is 5.69 Å². The van der Waals surface area contributed by atoms with Crippen LogP contribution in [0, 0.1) is 0 Å². The molecule has 0 aromatic heterocycles. The van der Waals surface area contributed by atoms with Gasteiger partial charge < -0.3 is 10.0 Å². The highest BCUT2D eigenvalue weighted by Gasteiger charge is 2.27. The van der Waals surface area contributed by atoms with Gasteiger partial charge in [-0.1, -0.05) is 126 Å². The van der Waals surface area contributed by atoms with E-state index in [0.29, 0.717) is 5.61 Å². The third-order valence-electron chi connectivity index (χ3n) is 6.77. The second-order valence-corrected chi connectivity index (χ2v) is 9.20. The summed E-state index contributed by atoms with van der Waals surface area (Å²) < 4.78 is 0. The Bertz CT molecular complexity index is 1520. The molecule has 0 amide bonds. The fourth-order valence-electron chi connectivity index (χ4n) is 4.93. The van der Waals surface area contributed by atoms with Crippen molar-refractivity contribution in [3.63, 3.8) is 0 Å². The maximum absolute atomic E-state index is 12.5. The largest absolute Gasteiger partial charge is 0.477 e. The molecule has 0 spiro atoms. The molecule has 0 radical (unpaired) electrons. The number of carbonyl (C=O) groups is 1. The van der Waals surface area contributed by atoms with Gasteiger partial charge in [-0.05, 0) is 42.3 Å². The van der Waals surface area contributed by atoms with Crippen molar-refractivity contribution in [3.05, 3.63) is 156 Å². The summed E-state index contributed by atoms with van der Waals surface area (Å²) in [5, 5.41) is 10.3. The van der Waals surface area contributed by atoms with Crippen LogP contribution in [-0.4, -0.2) is 29.9 Å². The van der Waals surface area contributed by atoms with E-state index in [9.17, 15) is 9.90 Å². The van der Waals surface area contributed by atoms with Crippen molar-refractivity contribution in [2.24, 2.45) is 4.99 Å². The fraction of sp³-hybridized carbons (Fsp3) is 0.0588. The monoisotopic (exact) mass is 508 g/mol. The molecule has 1 aliphatic heterocycles. The molecule has 0 saturated carbocycles. The number of hydrogen-bond acceptors (Lipinski definition) is 3.